The molecule has 0 saturated carbocycles. The first-order valence-electron chi connectivity index (χ1n) is 9.40. The van der Waals surface area contributed by atoms with Gasteiger partial charge in [-0.1, -0.05) is 11.6 Å². The average Bonchev–Trinajstić information content (AvgIpc) is 3.07. The first-order valence-corrected chi connectivity index (χ1v) is 9.78. The van der Waals surface area contributed by atoms with Crippen LogP contribution in [0.1, 0.15) is 21.9 Å². The third kappa shape index (κ3) is 4.11. The molecular weight excluding hydrogens is 406 g/mol. The number of nitrogens with one attached hydrogen (secondary N) is 2. The van der Waals surface area contributed by atoms with Crippen LogP contribution in [0.3, 0.4) is 0 Å². The van der Waals surface area contributed by atoms with Gasteiger partial charge in [0.15, 0.2) is 5.82 Å². The summed E-state index contributed by atoms with van der Waals surface area (Å²) in [6.07, 6.45) is 1.54. The molecule has 4 rings (SSSR count). The number of anilines is 2. The van der Waals surface area contributed by atoms with Crippen molar-refractivity contribution in [3.63, 3.8) is 0 Å². The summed E-state index contributed by atoms with van der Waals surface area (Å²) in [4.78, 5) is 34.9. The number of hydrogen-bond acceptors (Lipinski definition) is 6. The smallest absolute Gasteiger partial charge is 0.275 e. The molecule has 0 bridgehead atoms. The van der Waals surface area contributed by atoms with Crippen LogP contribution in [0.4, 0.5) is 11.5 Å². The Bertz CT molecular complexity index is 1110. The quantitative estimate of drug-likeness (QED) is 0.663. The van der Waals surface area contributed by atoms with Gasteiger partial charge in [0, 0.05) is 18.8 Å². The summed E-state index contributed by atoms with van der Waals surface area (Å²) < 4.78 is 1.66. The van der Waals surface area contributed by atoms with E-state index in [0.717, 1.165) is 11.4 Å². The Morgan fingerprint density at radius 1 is 1.20 bits per heavy atom. The van der Waals surface area contributed by atoms with Crippen molar-refractivity contribution in [3.05, 3.63) is 58.6 Å². The first kappa shape index (κ1) is 19.8. The lowest BCUT2D eigenvalue weighted by Gasteiger charge is -2.27. The van der Waals surface area contributed by atoms with Crippen molar-refractivity contribution in [3.8, 4) is 5.82 Å². The maximum atomic E-state index is 12.8. The lowest BCUT2D eigenvalue weighted by atomic mass is 10.3. The second-order valence-electron chi connectivity index (χ2n) is 6.97. The summed E-state index contributed by atoms with van der Waals surface area (Å²) in [7, 11) is 0. The van der Waals surface area contributed by atoms with E-state index in [1.807, 2.05) is 24.8 Å². The largest absolute Gasteiger partial charge is 0.353 e. The zero-order chi connectivity index (χ0) is 21.3. The highest BCUT2D eigenvalue weighted by atomic mass is 35.5. The minimum atomic E-state index is -0.449. The van der Waals surface area contributed by atoms with Gasteiger partial charge >= 0.3 is 0 Å². The van der Waals surface area contributed by atoms with E-state index in [9.17, 15) is 9.59 Å². The normalized spacial score (nSPS) is 13.8. The highest BCUT2D eigenvalue weighted by Crippen LogP contribution is 2.20. The highest BCUT2D eigenvalue weighted by Gasteiger charge is 2.18. The van der Waals surface area contributed by atoms with Gasteiger partial charge in [-0.2, -0.15) is 5.10 Å². The topological polar surface area (TPSA) is 105 Å². The summed E-state index contributed by atoms with van der Waals surface area (Å²) in [5.74, 6) is 0.691. The van der Waals surface area contributed by atoms with Crippen molar-refractivity contribution in [2.45, 2.75) is 13.8 Å². The molecule has 0 atom stereocenters. The maximum absolute atomic E-state index is 12.8. The third-order valence-corrected chi connectivity index (χ3v) is 4.95. The van der Waals surface area contributed by atoms with Crippen LogP contribution in [0.2, 0.25) is 5.02 Å². The minimum absolute atomic E-state index is 0.0383. The Kier molecular flexibility index (Phi) is 5.37. The van der Waals surface area contributed by atoms with Crippen molar-refractivity contribution in [1.29, 1.82) is 0 Å². The van der Waals surface area contributed by atoms with E-state index in [2.05, 4.69) is 25.7 Å². The molecule has 1 saturated heterocycles. The predicted octanol–water partition coefficient (Wildman–Crippen LogP) is 2.12. The summed E-state index contributed by atoms with van der Waals surface area (Å²) >= 11 is 6.22. The Balaban J connectivity index is 1.52. The van der Waals surface area contributed by atoms with Gasteiger partial charge in [-0.25, -0.2) is 14.6 Å². The van der Waals surface area contributed by atoms with E-state index in [1.54, 1.807) is 35.1 Å². The molecule has 9 nitrogen and oxygen atoms in total. The van der Waals surface area contributed by atoms with Gasteiger partial charge in [0.25, 0.3) is 5.91 Å². The number of hydrogen-bond donors (Lipinski definition) is 2. The van der Waals surface area contributed by atoms with Gasteiger partial charge < -0.3 is 15.5 Å². The molecule has 2 N–H and O–H groups in total. The number of carbonyl (C=O) groups excluding carboxylic acids is 2. The van der Waals surface area contributed by atoms with Crippen LogP contribution in [-0.4, -0.2) is 51.2 Å². The number of pyridine rings is 2. The minimum Gasteiger partial charge on any atom is -0.353 e. The fraction of sp³-hybridized carbons (Fsp3) is 0.250. The first-order chi connectivity index (χ1) is 14.4. The molecule has 0 radical (unpaired) electrons. The van der Waals surface area contributed by atoms with Crippen molar-refractivity contribution in [2.24, 2.45) is 0 Å². The number of aryl methyl sites for hydroxylation is 2. The van der Waals surface area contributed by atoms with Crippen LogP contribution < -0.4 is 15.5 Å². The second-order valence-corrected chi connectivity index (χ2v) is 7.38. The van der Waals surface area contributed by atoms with Gasteiger partial charge in [-0.15, -0.1) is 0 Å². The van der Waals surface area contributed by atoms with Crippen molar-refractivity contribution in [1.82, 2.24) is 25.1 Å². The number of halogens is 1. The summed E-state index contributed by atoms with van der Waals surface area (Å²) in [6, 6.07) is 8.75. The number of carbonyl (C=O) groups is 2. The van der Waals surface area contributed by atoms with Crippen LogP contribution >= 0.6 is 11.6 Å². The molecule has 4 heterocycles. The lowest BCUT2D eigenvalue weighted by molar-refractivity contribution is -0.120. The Hall–Kier alpha value is -3.46. The second kappa shape index (κ2) is 8.11. The standard InChI is InChI=1S/C20H20ClN7O2/c1-12-9-13(2)28(26-12)17-6-4-15(21)19(25-17)20(30)24-14-3-5-16(23-10-14)27-8-7-22-18(29)11-27/h3-6,9-10H,7-8,11H2,1-2H3,(H,22,29)(H,24,30). The maximum Gasteiger partial charge on any atom is 0.275 e. The van der Waals surface area contributed by atoms with Gasteiger partial charge in [0.2, 0.25) is 5.91 Å². The molecule has 2 amide bonds. The van der Waals surface area contributed by atoms with E-state index in [4.69, 9.17) is 11.6 Å². The fourth-order valence-corrected chi connectivity index (χ4v) is 3.43. The Morgan fingerprint density at radius 2 is 2.00 bits per heavy atom. The SMILES string of the molecule is Cc1cc(C)n(-c2ccc(Cl)c(C(=O)Nc3ccc(N4CCNC(=O)C4)nc3)n2)n1. The van der Waals surface area contributed by atoms with Gasteiger partial charge in [0.1, 0.15) is 11.5 Å². The molecule has 0 spiro atoms. The average molecular weight is 426 g/mol. The molecule has 3 aromatic rings. The van der Waals surface area contributed by atoms with Gasteiger partial charge in [-0.05, 0) is 44.2 Å². The van der Waals surface area contributed by atoms with Crippen molar-refractivity contribution < 1.29 is 9.59 Å². The van der Waals surface area contributed by atoms with E-state index >= 15 is 0 Å². The molecular formula is C20H20ClN7O2. The number of aromatic nitrogens is 4. The van der Waals surface area contributed by atoms with Gasteiger partial charge in [0.05, 0.1) is 29.1 Å². The molecule has 1 aliphatic rings. The number of rotatable bonds is 4. The molecule has 0 aromatic carbocycles. The monoisotopic (exact) mass is 425 g/mol. The number of piperazine rings is 1. The molecule has 0 aliphatic carbocycles. The lowest BCUT2D eigenvalue weighted by Crippen LogP contribution is -2.48. The molecule has 1 fully saturated rings. The summed E-state index contributed by atoms with van der Waals surface area (Å²) in [5, 5.41) is 10.2. The van der Waals surface area contributed by atoms with E-state index in [0.29, 0.717) is 30.4 Å². The predicted molar refractivity (Wildman–Crippen MR) is 113 cm³/mol. The highest BCUT2D eigenvalue weighted by molar-refractivity contribution is 6.34. The molecule has 1 aliphatic heterocycles. The third-order valence-electron chi connectivity index (χ3n) is 4.64. The zero-order valence-electron chi connectivity index (χ0n) is 16.5. The van der Waals surface area contributed by atoms with Crippen molar-refractivity contribution in [2.75, 3.05) is 29.9 Å². The Labute approximate surface area is 178 Å². The van der Waals surface area contributed by atoms with Gasteiger partial charge in [-0.3, -0.25) is 9.59 Å². The number of amides is 2. The van der Waals surface area contributed by atoms with Crippen LogP contribution in [0.5, 0.6) is 0 Å². The van der Waals surface area contributed by atoms with E-state index in [1.165, 1.54) is 0 Å². The molecule has 3 aromatic heterocycles. The van der Waals surface area contributed by atoms with E-state index in [-0.39, 0.29) is 23.2 Å². The van der Waals surface area contributed by atoms with E-state index < -0.39 is 5.91 Å². The fourth-order valence-electron chi connectivity index (χ4n) is 3.24. The van der Waals surface area contributed by atoms with Crippen molar-refractivity contribution >= 4 is 34.9 Å². The molecule has 10 heteroatoms. The zero-order valence-corrected chi connectivity index (χ0v) is 17.3. The van der Waals surface area contributed by atoms with Crippen LogP contribution in [0.15, 0.2) is 36.5 Å². The molecule has 154 valence electrons. The summed E-state index contributed by atoms with van der Waals surface area (Å²) in [6.45, 7) is 5.32. The number of nitrogens with zero attached hydrogens (tertiary/aromatic N) is 5. The van der Waals surface area contributed by atoms with Crippen LogP contribution in [0.25, 0.3) is 5.82 Å². The summed E-state index contributed by atoms with van der Waals surface area (Å²) in [5.41, 5.74) is 2.35. The van der Waals surface area contributed by atoms with Crippen LogP contribution in [-0.2, 0) is 4.79 Å². The van der Waals surface area contributed by atoms with Crippen LogP contribution in [0, 0.1) is 13.8 Å². The Morgan fingerprint density at radius 3 is 2.67 bits per heavy atom. The molecule has 30 heavy (non-hydrogen) atoms. The molecule has 0 unspecified atom stereocenters.